The van der Waals surface area contributed by atoms with Crippen LogP contribution in [0, 0.1) is 0 Å². The summed E-state index contributed by atoms with van der Waals surface area (Å²) in [4.78, 5) is 19.6. The number of hydrogen-bond acceptors (Lipinski definition) is 3. The molecule has 1 fully saturated rings. The van der Waals surface area contributed by atoms with Gasteiger partial charge in [-0.15, -0.1) is 0 Å². The number of benzene rings is 1. The van der Waals surface area contributed by atoms with E-state index in [1.807, 2.05) is 4.57 Å². The molecule has 0 aliphatic carbocycles. The van der Waals surface area contributed by atoms with Crippen LogP contribution in [-0.2, 0) is 19.5 Å². The van der Waals surface area contributed by atoms with E-state index in [-0.39, 0.29) is 5.69 Å². The molecular weight excluding hydrogens is 364 g/mol. The van der Waals surface area contributed by atoms with Crippen molar-refractivity contribution in [2.75, 3.05) is 26.2 Å². The maximum atomic E-state index is 12.4. The lowest BCUT2D eigenvalue weighted by molar-refractivity contribution is 0.483. The average Bonchev–Trinajstić information content (AvgIpc) is 3.37. The summed E-state index contributed by atoms with van der Waals surface area (Å²) in [6.45, 7) is 7.14. The number of aryl methyl sites for hydroxylation is 2. The van der Waals surface area contributed by atoms with Gasteiger partial charge in [-0.05, 0) is 38.2 Å². The summed E-state index contributed by atoms with van der Waals surface area (Å²) in [5.74, 6) is 2.50. The molecule has 0 saturated carbocycles. The van der Waals surface area contributed by atoms with Crippen LogP contribution in [0.5, 0.6) is 0 Å². The molecule has 1 unspecified atom stereocenters. The van der Waals surface area contributed by atoms with E-state index in [2.05, 4.69) is 52.6 Å². The highest BCUT2D eigenvalue weighted by Crippen LogP contribution is 2.26. The first-order valence-corrected chi connectivity index (χ1v) is 11.0. The second-order valence-electron chi connectivity index (χ2n) is 7.96. The number of likely N-dealkylation sites (tertiary alicyclic amines) is 1. The molecule has 2 aromatic rings. The number of nitrogens with one attached hydrogen (secondary N) is 1. The number of aliphatic imine (C=N–C) groups is 1. The van der Waals surface area contributed by atoms with E-state index in [4.69, 9.17) is 4.99 Å². The van der Waals surface area contributed by atoms with Gasteiger partial charge in [0.25, 0.3) is 0 Å². The molecule has 7 heteroatoms. The van der Waals surface area contributed by atoms with Crippen molar-refractivity contribution in [3.63, 3.8) is 0 Å². The number of guanidine groups is 1. The van der Waals surface area contributed by atoms with Crippen molar-refractivity contribution in [3.05, 3.63) is 52.2 Å². The second-order valence-corrected chi connectivity index (χ2v) is 7.96. The number of fused-ring (bicyclic) bond motifs is 1. The number of nitrogens with zero attached hydrogens (tertiary/aromatic N) is 5. The first-order valence-electron chi connectivity index (χ1n) is 11.0. The molecule has 1 saturated heterocycles. The van der Waals surface area contributed by atoms with Gasteiger partial charge in [0.15, 0.2) is 5.96 Å². The Balaban J connectivity index is 1.33. The zero-order valence-corrected chi connectivity index (χ0v) is 17.4. The number of hydrogen-bond donors (Lipinski definition) is 1. The summed E-state index contributed by atoms with van der Waals surface area (Å²) >= 11 is 0. The predicted octanol–water partition coefficient (Wildman–Crippen LogP) is 2.23. The SMILES string of the molecule is CCNC(=NCCCn1nc2n(c1=O)CCCC2)N1CCC(c2ccccc2)C1. The van der Waals surface area contributed by atoms with Gasteiger partial charge in [0.05, 0.1) is 0 Å². The average molecular weight is 397 g/mol. The van der Waals surface area contributed by atoms with Gasteiger partial charge < -0.3 is 10.2 Å². The van der Waals surface area contributed by atoms with Crippen LogP contribution in [0.4, 0.5) is 0 Å². The Hall–Kier alpha value is -2.57. The van der Waals surface area contributed by atoms with Gasteiger partial charge in [0.2, 0.25) is 0 Å². The van der Waals surface area contributed by atoms with Gasteiger partial charge in [0.1, 0.15) is 5.82 Å². The minimum atomic E-state index is 0.0424. The van der Waals surface area contributed by atoms with Crippen LogP contribution < -0.4 is 11.0 Å². The van der Waals surface area contributed by atoms with Crippen LogP contribution in [0.3, 0.4) is 0 Å². The van der Waals surface area contributed by atoms with E-state index >= 15 is 0 Å². The van der Waals surface area contributed by atoms with E-state index in [9.17, 15) is 4.79 Å². The van der Waals surface area contributed by atoms with E-state index < -0.39 is 0 Å². The molecule has 0 radical (unpaired) electrons. The fourth-order valence-corrected chi connectivity index (χ4v) is 4.38. The zero-order chi connectivity index (χ0) is 20.1. The minimum absolute atomic E-state index is 0.0424. The van der Waals surface area contributed by atoms with Crippen molar-refractivity contribution in [2.45, 2.75) is 58.0 Å². The summed E-state index contributed by atoms with van der Waals surface area (Å²) < 4.78 is 3.47. The Morgan fingerprint density at radius 2 is 2.10 bits per heavy atom. The topological polar surface area (TPSA) is 67.5 Å². The quantitative estimate of drug-likeness (QED) is 0.462. The molecule has 2 aliphatic heterocycles. The largest absolute Gasteiger partial charge is 0.357 e. The molecule has 1 aromatic heterocycles. The molecule has 7 nitrogen and oxygen atoms in total. The lowest BCUT2D eigenvalue weighted by atomic mass is 9.99. The van der Waals surface area contributed by atoms with Gasteiger partial charge in [0, 0.05) is 51.6 Å². The maximum absolute atomic E-state index is 12.4. The molecule has 1 N–H and O–H groups in total. The molecule has 0 amide bonds. The van der Waals surface area contributed by atoms with Crippen molar-refractivity contribution < 1.29 is 0 Å². The van der Waals surface area contributed by atoms with E-state index in [1.54, 1.807) is 4.68 Å². The van der Waals surface area contributed by atoms with Crippen LogP contribution >= 0.6 is 0 Å². The first-order chi connectivity index (χ1) is 14.3. The fraction of sp³-hybridized carbons (Fsp3) is 0.591. The lowest BCUT2D eigenvalue weighted by Crippen LogP contribution is -2.40. The fourth-order valence-electron chi connectivity index (χ4n) is 4.38. The van der Waals surface area contributed by atoms with Crippen molar-refractivity contribution in [2.24, 2.45) is 4.99 Å². The molecule has 1 atom stereocenters. The Morgan fingerprint density at radius 1 is 1.24 bits per heavy atom. The van der Waals surface area contributed by atoms with Gasteiger partial charge in [-0.3, -0.25) is 9.56 Å². The maximum Gasteiger partial charge on any atom is 0.345 e. The third-order valence-corrected chi connectivity index (χ3v) is 5.91. The Morgan fingerprint density at radius 3 is 2.90 bits per heavy atom. The molecule has 156 valence electrons. The smallest absolute Gasteiger partial charge is 0.345 e. The van der Waals surface area contributed by atoms with E-state index in [0.29, 0.717) is 19.0 Å². The molecule has 4 rings (SSSR count). The summed E-state index contributed by atoms with van der Waals surface area (Å²) in [6.07, 6.45) is 5.11. The van der Waals surface area contributed by atoms with Gasteiger partial charge in [-0.2, -0.15) is 5.10 Å². The number of rotatable bonds is 6. The molecular formula is C22H32N6O. The van der Waals surface area contributed by atoms with Crippen molar-refractivity contribution in [1.29, 1.82) is 0 Å². The van der Waals surface area contributed by atoms with Crippen LogP contribution in [-0.4, -0.2) is 51.4 Å². The predicted molar refractivity (Wildman–Crippen MR) is 115 cm³/mol. The highest BCUT2D eigenvalue weighted by Gasteiger charge is 2.25. The third kappa shape index (κ3) is 4.54. The van der Waals surface area contributed by atoms with Gasteiger partial charge in [-0.25, -0.2) is 9.48 Å². The van der Waals surface area contributed by atoms with Crippen molar-refractivity contribution >= 4 is 5.96 Å². The zero-order valence-electron chi connectivity index (χ0n) is 17.4. The van der Waals surface area contributed by atoms with Gasteiger partial charge >= 0.3 is 5.69 Å². The Labute approximate surface area is 172 Å². The second kappa shape index (κ2) is 9.29. The molecule has 3 heterocycles. The van der Waals surface area contributed by atoms with Gasteiger partial charge in [-0.1, -0.05) is 30.3 Å². The van der Waals surface area contributed by atoms with Crippen LogP contribution in [0.25, 0.3) is 0 Å². The third-order valence-electron chi connectivity index (χ3n) is 5.91. The molecule has 2 aliphatic rings. The van der Waals surface area contributed by atoms with Crippen LogP contribution in [0.1, 0.15) is 49.9 Å². The van der Waals surface area contributed by atoms with Crippen LogP contribution in [0.15, 0.2) is 40.1 Å². The highest BCUT2D eigenvalue weighted by atomic mass is 16.2. The van der Waals surface area contributed by atoms with Crippen molar-refractivity contribution in [3.8, 4) is 0 Å². The monoisotopic (exact) mass is 396 g/mol. The van der Waals surface area contributed by atoms with E-state index in [1.165, 1.54) is 5.56 Å². The normalized spacial score (nSPS) is 19.4. The molecule has 1 aromatic carbocycles. The van der Waals surface area contributed by atoms with Crippen molar-refractivity contribution in [1.82, 2.24) is 24.6 Å². The highest BCUT2D eigenvalue weighted by molar-refractivity contribution is 5.80. The Bertz CT molecular complexity index is 884. The summed E-state index contributed by atoms with van der Waals surface area (Å²) in [6, 6.07) is 10.8. The van der Waals surface area contributed by atoms with Crippen LogP contribution in [0.2, 0.25) is 0 Å². The molecule has 29 heavy (non-hydrogen) atoms. The van der Waals surface area contributed by atoms with E-state index in [0.717, 1.165) is 70.1 Å². The minimum Gasteiger partial charge on any atom is -0.357 e. The summed E-state index contributed by atoms with van der Waals surface area (Å²) in [5, 5.41) is 7.95. The molecule has 0 spiro atoms. The summed E-state index contributed by atoms with van der Waals surface area (Å²) in [5.41, 5.74) is 1.45. The number of aromatic nitrogens is 3. The summed E-state index contributed by atoms with van der Waals surface area (Å²) in [7, 11) is 0. The standard InChI is InChI=1S/C22H32N6O/c1-2-23-21(26-16-12-19(17-26)18-9-4-3-5-10-18)24-13-8-15-28-22(29)27-14-7-6-11-20(27)25-28/h3-5,9-10,19H,2,6-8,11-17H2,1H3,(H,23,24). The molecule has 0 bridgehead atoms. The first kappa shape index (κ1) is 19.7. The Kier molecular flexibility index (Phi) is 6.32. The lowest BCUT2D eigenvalue weighted by Gasteiger charge is -2.21.